The fourth-order valence-corrected chi connectivity index (χ4v) is 2.04. The van der Waals surface area contributed by atoms with Crippen LogP contribution in [0, 0.1) is 11.8 Å². The van der Waals surface area contributed by atoms with Crippen LogP contribution in [0.1, 0.15) is 46.0 Å². The van der Waals surface area contributed by atoms with Crippen LogP contribution >= 0.6 is 0 Å². The van der Waals surface area contributed by atoms with E-state index >= 15 is 0 Å². The summed E-state index contributed by atoms with van der Waals surface area (Å²) in [4.78, 5) is 0. The van der Waals surface area contributed by atoms with E-state index in [2.05, 4.69) is 19.2 Å². The van der Waals surface area contributed by atoms with Gasteiger partial charge in [-0.3, -0.25) is 0 Å². The van der Waals surface area contributed by atoms with E-state index in [1.54, 1.807) is 0 Å². The van der Waals surface area contributed by atoms with E-state index in [-0.39, 0.29) is 0 Å². The second kappa shape index (κ2) is 6.41. The largest absolute Gasteiger partial charge is 0.330 e. The van der Waals surface area contributed by atoms with Gasteiger partial charge >= 0.3 is 0 Å². The molecule has 1 rings (SSSR count). The maximum Gasteiger partial charge on any atom is 0.00991 e. The van der Waals surface area contributed by atoms with E-state index in [0.29, 0.717) is 5.92 Å². The molecule has 2 heteroatoms. The average Bonchev–Trinajstić information content (AvgIpc) is 2.92. The zero-order chi connectivity index (χ0) is 10.4. The average molecular weight is 198 g/mol. The molecule has 0 aromatic rings. The van der Waals surface area contributed by atoms with E-state index < -0.39 is 0 Å². The molecule has 1 aliphatic rings. The molecule has 1 aliphatic carbocycles. The zero-order valence-electron chi connectivity index (χ0n) is 9.76. The molecule has 3 unspecified atom stereocenters. The summed E-state index contributed by atoms with van der Waals surface area (Å²) in [5.74, 6) is 1.69. The molecule has 0 heterocycles. The van der Waals surface area contributed by atoms with E-state index in [4.69, 9.17) is 5.73 Å². The molecular formula is C12H26N2. The molecule has 1 saturated carbocycles. The predicted octanol–water partition coefficient (Wildman–Crippen LogP) is 2.14. The van der Waals surface area contributed by atoms with Gasteiger partial charge in [-0.05, 0) is 50.6 Å². The molecule has 0 saturated heterocycles. The third-order valence-corrected chi connectivity index (χ3v) is 3.26. The fourth-order valence-electron chi connectivity index (χ4n) is 2.04. The van der Waals surface area contributed by atoms with Crippen molar-refractivity contribution in [1.82, 2.24) is 5.32 Å². The molecule has 0 amide bonds. The van der Waals surface area contributed by atoms with Crippen molar-refractivity contribution in [2.24, 2.45) is 17.6 Å². The van der Waals surface area contributed by atoms with Crippen molar-refractivity contribution in [2.45, 2.75) is 52.0 Å². The molecule has 1 fully saturated rings. The van der Waals surface area contributed by atoms with Gasteiger partial charge in [-0.2, -0.15) is 0 Å². The first-order valence-electron chi connectivity index (χ1n) is 6.21. The Balaban J connectivity index is 1.86. The van der Waals surface area contributed by atoms with Crippen molar-refractivity contribution >= 4 is 0 Å². The zero-order valence-corrected chi connectivity index (χ0v) is 9.76. The smallest absolute Gasteiger partial charge is 0.00991 e. The van der Waals surface area contributed by atoms with Crippen LogP contribution < -0.4 is 11.1 Å². The van der Waals surface area contributed by atoms with Crippen molar-refractivity contribution in [1.29, 1.82) is 0 Å². The van der Waals surface area contributed by atoms with E-state index in [1.165, 1.54) is 38.6 Å². The van der Waals surface area contributed by atoms with Crippen molar-refractivity contribution in [2.75, 3.05) is 13.1 Å². The van der Waals surface area contributed by atoms with Crippen LogP contribution in [0.15, 0.2) is 0 Å². The van der Waals surface area contributed by atoms with Crippen LogP contribution in [0.4, 0.5) is 0 Å². The second-order valence-electron chi connectivity index (χ2n) is 4.83. The van der Waals surface area contributed by atoms with Crippen molar-refractivity contribution < 1.29 is 0 Å². The van der Waals surface area contributed by atoms with Gasteiger partial charge in [0.25, 0.3) is 0 Å². The summed E-state index contributed by atoms with van der Waals surface area (Å²) in [6.07, 6.45) is 6.73. The molecule has 0 aliphatic heterocycles. The van der Waals surface area contributed by atoms with Crippen LogP contribution in [-0.4, -0.2) is 19.1 Å². The van der Waals surface area contributed by atoms with Crippen molar-refractivity contribution in [3.05, 3.63) is 0 Å². The molecule has 0 radical (unpaired) electrons. The number of hydrogen-bond donors (Lipinski definition) is 2. The molecule has 2 nitrogen and oxygen atoms in total. The van der Waals surface area contributed by atoms with Crippen LogP contribution in [-0.2, 0) is 0 Å². The summed E-state index contributed by atoms with van der Waals surface area (Å²) >= 11 is 0. The van der Waals surface area contributed by atoms with Gasteiger partial charge in [-0.1, -0.05) is 20.3 Å². The highest BCUT2D eigenvalue weighted by molar-refractivity contribution is 4.92. The van der Waals surface area contributed by atoms with Gasteiger partial charge in [-0.15, -0.1) is 0 Å². The Hall–Kier alpha value is -0.0800. The molecule has 3 N–H and O–H groups in total. The predicted molar refractivity (Wildman–Crippen MR) is 62.3 cm³/mol. The van der Waals surface area contributed by atoms with Crippen LogP contribution in [0.5, 0.6) is 0 Å². The molecule has 0 aromatic heterocycles. The molecular weight excluding hydrogens is 172 g/mol. The molecule has 3 atom stereocenters. The van der Waals surface area contributed by atoms with Gasteiger partial charge in [0, 0.05) is 6.04 Å². The summed E-state index contributed by atoms with van der Waals surface area (Å²) in [5, 5.41) is 3.63. The van der Waals surface area contributed by atoms with Gasteiger partial charge in [-0.25, -0.2) is 0 Å². The monoisotopic (exact) mass is 198 g/mol. The Morgan fingerprint density at radius 2 is 2.29 bits per heavy atom. The van der Waals surface area contributed by atoms with Crippen LogP contribution in [0.3, 0.4) is 0 Å². The summed E-state index contributed by atoms with van der Waals surface area (Å²) in [6.45, 7) is 6.53. The van der Waals surface area contributed by atoms with Gasteiger partial charge in [0.15, 0.2) is 0 Å². The Morgan fingerprint density at radius 1 is 1.50 bits per heavy atom. The summed E-state index contributed by atoms with van der Waals surface area (Å²) in [6, 6.07) is 0.850. The summed E-state index contributed by atoms with van der Waals surface area (Å²) < 4.78 is 0. The quantitative estimate of drug-likeness (QED) is 0.586. The number of hydrogen-bond acceptors (Lipinski definition) is 2. The normalized spacial score (nSPS) is 27.6. The van der Waals surface area contributed by atoms with Gasteiger partial charge < -0.3 is 11.1 Å². The van der Waals surface area contributed by atoms with Gasteiger partial charge in [0.05, 0.1) is 0 Å². The number of nitrogens with one attached hydrogen (secondary N) is 1. The third kappa shape index (κ3) is 4.43. The van der Waals surface area contributed by atoms with E-state index in [1.807, 2.05) is 0 Å². The summed E-state index contributed by atoms with van der Waals surface area (Å²) in [7, 11) is 0. The highest BCUT2D eigenvalue weighted by Gasteiger charge is 2.34. The molecule has 0 aromatic carbocycles. The summed E-state index contributed by atoms with van der Waals surface area (Å²) in [5.41, 5.74) is 5.57. The highest BCUT2D eigenvalue weighted by Crippen LogP contribution is 2.34. The third-order valence-electron chi connectivity index (χ3n) is 3.26. The topological polar surface area (TPSA) is 38.0 Å². The fraction of sp³-hybridized carbons (Fsp3) is 1.00. The highest BCUT2D eigenvalue weighted by atomic mass is 15.0. The molecule has 14 heavy (non-hydrogen) atoms. The minimum Gasteiger partial charge on any atom is -0.330 e. The standard InChI is InChI=1S/C12H26N2/c1-3-5-11-8-12(11)14-7-4-6-10(2)9-13/h10-12,14H,3-9,13H2,1-2H3. The Labute approximate surface area is 88.6 Å². The lowest BCUT2D eigenvalue weighted by atomic mass is 10.1. The Bertz CT molecular complexity index is 147. The Morgan fingerprint density at radius 3 is 2.93 bits per heavy atom. The number of rotatable bonds is 8. The first kappa shape index (κ1) is 12.0. The van der Waals surface area contributed by atoms with Crippen molar-refractivity contribution in [3.63, 3.8) is 0 Å². The second-order valence-corrected chi connectivity index (χ2v) is 4.83. The van der Waals surface area contributed by atoms with Gasteiger partial charge in [0.1, 0.15) is 0 Å². The lowest BCUT2D eigenvalue weighted by molar-refractivity contribution is 0.493. The minimum absolute atomic E-state index is 0.697. The molecule has 0 bridgehead atoms. The Kier molecular flexibility index (Phi) is 5.49. The minimum atomic E-state index is 0.697. The maximum absolute atomic E-state index is 5.57. The van der Waals surface area contributed by atoms with Crippen molar-refractivity contribution in [3.8, 4) is 0 Å². The first-order valence-corrected chi connectivity index (χ1v) is 6.21. The SMILES string of the molecule is CCCC1CC1NCCCC(C)CN. The van der Waals surface area contributed by atoms with E-state index in [9.17, 15) is 0 Å². The first-order chi connectivity index (χ1) is 6.77. The van der Waals surface area contributed by atoms with Crippen LogP contribution in [0.2, 0.25) is 0 Å². The van der Waals surface area contributed by atoms with E-state index in [0.717, 1.165) is 18.5 Å². The van der Waals surface area contributed by atoms with Crippen LogP contribution in [0.25, 0.3) is 0 Å². The number of nitrogens with two attached hydrogens (primary N) is 1. The molecule has 0 spiro atoms. The lowest BCUT2D eigenvalue weighted by Crippen LogP contribution is -2.21. The molecule has 84 valence electrons. The van der Waals surface area contributed by atoms with Gasteiger partial charge in [0.2, 0.25) is 0 Å². The lowest BCUT2D eigenvalue weighted by Gasteiger charge is -2.08. The maximum atomic E-state index is 5.57.